The summed E-state index contributed by atoms with van der Waals surface area (Å²) >= 11 is 0. The van der Waals surface area contributed by atoms with Gasteiger partial charge in [0.2, 0.25) is 0 Å². The first-order valence-electron chi connectivity index (χ1n) is 3.92. The molecule has 3 nitrogen and oxygen atoms in total. The molecule has 4 heteroatoms. The molecule has 1 heterocycles. The molecular formula is C8H11NO2S. The quantitative estimate of drug-likeness (QED) is 0.602. The van der Waals surface area contributed by atoms with Gasteiger partial charge in [-0.05, 0) is 6.42 Å². The Bertz CT molecular complexity index is 353. The molecule has 2 bridgehead atoms. The van der Waals surface area contributed by atoms with Gasteiger partial charge in [0.15, 0.2) is 9.84 Å². The van der Waals surface area contributed by atoms with Crippen LogP contribution in [-0.4, -0.2) is 20.7 Å². The predicted molar refractivity (Wildman–Crippen MR) is 47.1 cm³/mol. The topological polar surface area (TPSA) is 46.2 Å². The second-order valence-corrected chi connectivity index (χ2v) is 5.33. The van der Waals surface area contributed by atoms with Gasteiger partial charge in [-0.2, -0.15) is 0 Å². The molecule has 1 aliphatic heterocycles. The van der Waals surface area contributed by atoms with E-state index in [-0.39, 0.29) is 5.92 Å². The zero-order valence-electron chi connectivity index (χ0n) is 6.82. The first-order valence-corrected chi connectivity index (χ1v) is 5.81. The van der Waals surface area contributed by atoms with Gasteiger partial charge in [0.25, 0.3) is 0 Å². The number of allylic oxidation sites excluding steroid dienone is 2. The van der Waals surface area contributed by atoms with Crippen LogP contribution in [0.25, 0.3) is 0 Å². The van der Waals surface area contributed by atoms with E-state index >= 15 is 0 Å². The Morgan fingerprint density at radius 3 is 2.92 bits per heavy atom. The summed E-state index contributed by atoms with van der Waals surface area (Å²) in [5.41, 5.74) is 0. The maximum Gasteiger partial charge on any atom is 0.173 e. The number of rotatable bonds is 1. The molecule has 0 radical (unpaired) electrons. The molecule has 2 aliphatic rings. The van der Waals surface area contributed by atoms with Gasteiger partial charge in [0.05, 0.1) is 4.91 Å². The van der Waals surface area contributed by atoms with Crippen molar-refractivity contribution in [2.45, 2.75) is 12.5 Å². The maximum absolute atomic E-state index is 11.2. The van der Waals surface area contributed by atoms with Crippen LogP contribution in [0, 0.1) is 5.92 Å². The van der Waals surface area contributed by atoms with Crippen LogP contribution in [0.3, 0.4) is 0 Å². The number of hydrogen-bond acceptors (Lipinski definition) is 3. The lowest BCUT2D eigenvalue weighted by molar-refractivity contribution is 0.562. The smallest absolute Gasteiger partial charge is 0.173 e. The van der Waals surface area contributed by atoms with E-state index in [1.165, 1.54) is 6.26 Å². The van der Waals surface area contributed by atoms with Crippen molar-refractivity contribution in [3.63, 3.8) is 0 Å². The van der Waals surface area contributed by atoms with E-state index in [0.717, 1.165) is 6.42 Å². The lowest BCUT2D eigenvalue weighted by Gasteiger charge is -2.20. The number of fused-ring (bicyclic) bond motifs is 2. The van der Waals surface area contributed by atoms with Crippen molar-refractivity contribution in [1.82, 2.24) is 5.32 Å². The Hall–Kier alpha value is -0.770. The second-order valence-electron chi connectivity index (χ2n) is 3.32. The fourth-order valence-corrected chi connectivity index (χ4v) is 2.72. The Morgan fingerprint density at radius 2 is 2.25 bits per heavy atom. The minimum Gasteiger partial charge on any atom is -0.384 e. The maximum atomic E-state index is 11.2. The molecule has 2 rings (SSSR count). The SMILES string of the molecule is CS(=O)(=O)C1=CNC2C=CC1C2. The van der Waals surface area contributed by atoms with Crippen molar-refractivity contribution in [2.24, 2.45) is 5.92 Å². The highest BCUT2D eigenvalue weighted by Crippen LogP contribution is 2.31. The molecule has 2 atom stereocenters. The summed E-state index contributed by atoms with van der Waals surface area (Å²) in [5, 5.41) is 3.04. The molecule has 1 N–H and O–H groups in total. The Labute approximate surface area is 72.1 Å². The standard InChI is InChI=1S/C8H11NO2S/c1-12(10,11)8-5-9-7-3-2-6(8)4-7/h2-3,5-7,9H,4H2,1H3. The fourth-order valence-electron chi connectivity index (χ4n) is 1.71. The fraction of sp³-hybridized carbons (Fsp3) is 0.500. The Kier molecular flexibility index (Phi) is 1.54. The number of sulfone groups is 1. The largest absolute Gasteiger partial charge is 0.384 e. The van der Waals surface area contributed by atoms with Crippen molar-refractivity contribution < 1.29 is 8.42 Å². The van der Waals surface area contributed by atoms with Gasteiger partial charge in [0.1, 0.15) is 0 Å². The molecule has 66 valence electrons. The number of hydrogen-bond donors (Lipinski definition) is 1. The molecule has 0 fully saturated rings. The van der Waals surface area contributed by atoms with Crippen molar-refractivity contribution >= 4 is 9.84 Å². The predicted octanol–water partition coefficient (Wildman–Crippen LogP) is 0.420. The van der Waals surface area contributed by atoms with Gasteiger partial charge in [-0.15, -0.1) is 0 Å². The number of nitrogens with one attached hydrogen (secondary N) is 1. The van der Waals surface area contributed by atoms with Crippen LogP contribution in [-0.2, 0) is 9.84 Å². The Morgan fingerprint density at radius 1 is 1.50 bits per heavy atom. The highest BCUT2D eigenvalue weighted by Gasteiger charge is 2.30. The van der Waals surface area contributed by atoms with Gasteiger partial charge < -0.3 is 5.32 Å². The molecule has 0 aromatic rings. The third kappa shape index (κ3) is 1.16. The molecule has 0 aromatic carbocycles. The van der Waals surface area contributed by atoms with Crippen LogP contribution < -0.4 is 5.32 Å². The molecule has 0 amide bonds. The molecule has 0 saturated heterocycles. The Balaban J connectivity index is 2.40. The summed E-state index contributed by atoms with van der Waals surface area (Å²) in [6, 6.07) is 0.348. The molecular weight excluding hydrogens is 174 g/mol. The second kappa shape index (κ2) is 2.36. The summed E-state index contributed by atoms with van der Waals surface area (Å²) in [4.78, 5) is 0.521. The highest BCUT2D eigenvalue weighted by atomic mass is 32.2. The van der Waals surface area contributed by atoms with Crippen molar-refractivity contribution in [3.8, 4) is 0 Å². The summed E-state index contributed by atoms with van der Waals surface area (Å²) in [6.07, 6.45) is 7.77. The van der Waals surface area contributed by atoms with Crippen LogP contribution in [0.1, 0.15) is 6.42 Å². The summed E-state index contributed by atoms with van der Waals surface area (Å²) in [7, 11) is -3.01. The van der Waals surface area contributed by atoms with E-state index in [9.17, 15) is 8.42 Å². The van der Waals surface area contributed by atoms with E-state index in [0.29, 0.717) is 10.9 Å². The minimum absolute atomic E-state index is 0.117. The first kappa shape index (κ1) is 7.86. The van der Waals surface area contributed by atoms with Crippen LogP contribution in [0.4, 0.5) is 0 Å². The normalized spacial score (nSPS) is 32.9. The highest BCUT2D eigenvalue weighted by molar-refractivity contribution is 7.94. The van der Waals surface area contributed by atoms with Crippen LogP contribution in [0.2, 0.25) is 0 Å². The van der Waals surface area contributed by atoms with Gasteiger partial charge in [-0.3, -0.25) is 0 Å². The van der Waals surface area contributed by atoms with E-state index in [1.54, 1.807) is 6.20 Å². The zero-order chi connectivity index (χ0) is 8.77. The lowest BCUT2D eigenvalue weighted by Crippen LogP contribution is -2.28. The third-order valence-corrected chi connectivity index (χ3v) is 3.59. The van der Waals surface area contributed by atoms with E-state index < -0.39 is 9.84 Å². The van der Waals surface area contributed by atoms with Crippen molar-refractivity contribution in [2.75, 3.05) is 6.26 Å². The van der Waals surface area contributed by atoms with Gasteiger partial charge in [0, 0.05) is 24.4 Å². The van der Waals surface area contributed by atoms with E-state index in [4.69, 9.17) is 0 Å². The van der Waals surface area contributed by atoms with E-state index in [2.05, 4.69) is 5.32 Å². The molecule has 0 spiro atoms. The molecule has 1 aliphatic carbocycles. The molecule has 0 saturated carbocycles. The van der Waals surface area contributed by atoms with Crippen molar-refractivity contribution in [3.05, 3.63) is 23.3 Å². The monoisotopic (exact) mass is 185 g/mol. The van der Waals surface area contributed by atoms with Crippen LogP contribution >= 0.6 is 0 Å². The lowest BCUT2D eigenvalue weighted by atomic mass is 10.1. The molecule has 2 unspecified atom stereocenters. The first-order chi connectivity index (χ1) is 5.57. The average molecular weight is 185 g/mol. The van der Waals surface area contributed by atoms with E-state index in [1.807, 2.05) is 12.2 Å². The van der Waals surface area contributed by atoms with Gasteiger partial charge >= 0.3 is 0 Å². The minimum atomic E-state index is -3.01. The van der Waals surface area contributed by atoms with Gasteiger partial charge in [-0.1, -0.05) is 12.2 Å². The zero-order valence-corrected chi connectivity index (χ0v) is 7.64. The molecule has 12 heavy (non-hydrogen) atoms. The summed E-state index contributed by atoms with van der Waals surface area (Å²) in [5.74, 6) is 0.117. The summed E-state index contributed by atoms with van der Waals surface area (Å²) < 4.78 is 22.5. The van der Waals surface area contributed by atoms with Crippen molar-refractivity contribution in [1.29, 1.82) is 0 Å². The molecule has 0 aromatic heterocycles. The third-order valence-electron chi connectivity index (χ3n) is 2.32. The van der Waals surface area contributed by atoms with Crippen LogP contribution in [0.15, 0.2) is 23.3 Å². The van der Waals surface area contributed by atoms with Crippen LogP contribution in [0.5, 0.6) is 0 Å². The summed E-state index contributed by atoms with van der Waals surface area (Å²) in [6.45, 7) is 0. The van der Waals surface area contributed by atoms with Gasteiger partial charge in [-0.25, -0.2) is 8.42 Å². The average Bonchev–Trinajstić information content (AvgIpc) is 2.30.